The van der Waals surface area contributed by atoms with Crippen molar-refractivity contribution in [3.8, 4) is 0 Å². The normalized spacial score (nSPS) is 10.6. The van der Waals surface area contributed by atoms with Crippen LogP contribution in [0.5, 0.6) is 0 Å². The molecule has 1 aromatic heterocycles. The molecule has 0 spiro atoms. The molecule has 0 saturated heterocycles. The van der Waals surface area contributed by atoms with E-state index in [0.717, 1.165) is 0 Å². The number of nitrogens with zero attached hydrogens (tertiary/aromatic N) is 1. The van der Waals surface area contributed by atoms with E-state index in [2.05, 4.69) is 10.6 Å². The van der Waals surface area contributed by atoms with Crippen LogP contribution in [0.2, 0.25) is 0 Å². The van der Waals surface area contributed by atoms with Gasteiger partial charge in [-0.25, -0.2) is 0 Å². The van der Waals surface area contributed by atoms with Gasteiger partial charge in [0.25, 0.3) is 5.91 Å². The third kappa shape index (κ3) is 5.51. The Balaban J connectivity index is 1.63. The fourth-order valence-corrected chi connectivity index (χ4v) is 3.45. The minimum atomic E-state index is -0.260. The number of carbonyl (C=O) groups excluding carboxylic acids is 2. The number of thiophene rings is 1. The number of benzene rings is 2. The van der Waals surface area contributed by atoms with Crippen molar-refractivity contribution in [2.75, 3.05) is 24.2 Å². The zero-order chi connectivity index (χ0) is 19.1. The average Bonchev–Trinajstić information content (AvgIpc) is 3.15. The van der Waals surface area contributed by atoms with E-state index in [9.17, 15) is 9.59 Å². The maximum absolute atomic E-state index is 12.6. The molecule has 0 bridgehead atoms. The average molecular weight is 379 g/mol. The summed E-state index contributed by atoms with van der Waals surface area (Å²) in [4.78, 5) is 28.1. The molecular weight excluding hydrogens is 358 g/mol. The van der Waals surface area contributed by atoms with Gasteiger partial charge in [0.2, 0.25) is 5.91 Å². The third-order valence-electron chi connectivity index (χ3n) is 3.90. The summed E-state index contributed by atoms with van der Waals surface area (Å²) in [6.45, 7) is 0.952. The van der Waals surface area contributed by atoms with Crippen LogP contribution in [-0.4, -0.2) is 30.3 Å². The van der Waals surface area contributed by atoms with Gasteiger partial charge in [0.05, 0.1) is 17.8 Å². The summed E-state index contributed by atoms with van der Waals surface area (Å²) >= 11 is 1.66. The molecule has 0 aliphatic rings. The van der Waals surface area contributed by atoms with Crippen molar-refractivity contribution in [3.05, 3.63) is 82.6 Å². The molecule has 6 heteroatoms. The van der Waals surface area contributed by atoms with Crippen LogP contribution < -0.4 is 10.6 Å². The maximum Gasteiger partial charge on any atom is 0.257 e. The van der Waals surface area contributed by atoms with Gasteiger partial charge in [-0.05, 0) is 42.8 Å². The molecule has 27 heavy (non-hydrogen) atoms. The van der Waals surface area contributed by atoms with Crippen LogP contribution in [0, 0.1) is 0 Å². The fraction of sp³-hybridized carbons (Fsp3) is 0.143. The van der Waals surface area contributed by atoms with Crippen LogP contribution in [0.15, 0.2) is 72.1 Å². The van der Waals surface area contributed by atoms with Crippen molar-refractivity contribution in [2.24, 2.45) is 0 Å². The molecule has 138 valence electrons. The predicted molar refractivity (Wildman–Crippen MR) is 110 cm³/mol. The van der Waals surface area contributed by atoms with Crippen molar-refractivity contribution in [2.45, 2.75) is 6.54 Å². The van der Waals surface area contributed by atoms with Gasteiger partial charge in [-0.3, -0.25) is 14.5 Å². The van der Waals surface area contributed by atoms with Gasteiger partial charge >= 0.3 is 0 Å². The van der Waals surface area contributed by atoms with Crippen molar-refractivity contribution in [1.29, 1.82) is 0 Å². The molecule has 0 unspecified atom stereocenters. The van der Waals surface area contributed by atoms with E-state index in [1.165, 1.54) is 4.88 Å². The first-order valence-electron chi connectivity index (χ1n) is 8.58. The highest BCUT2D eigenvalue weighted by atomic mass is 32.1. The van der Waals surface area contributed by atoms with Crippen molar-refractivity contribution in [1.82, 2.24) is 4.90 Å². The Kier molecular flexibility index (Phi) is 6.35. The summed E-state index contributed by atoms with van der Waals surface area (Å²) in [7, 11) is 1.90. The van der Waals surface area contributed by atoms with Crippen LogP contribution in [0.4, 0.5) is 11.4 Å². The number of amides is 2. The number of para-hydroxylation sites is 2. The Morgan fingerprint density at radius 3 is 2.41 bits per heavy atom. The molecule has 2 amide bonds. The van der Waals surface area contributed by atoms with Gasteiger partial charge in [0, 0.05) is 17.1 Å². The maximum atomic E-state index is 12.6. The van der Waals surface area contributed by atoms with Crippen molar-refractivity contribution < 1.29 is 9.59 Å². The minimum absolute atomic E-state index is 0.158. The first kappa shape index (κ1) is 18.8. The molecule has 0 aliphatic heterocycles. The van der Waals surface area contributed by atoms with E-state index in [1.54, 1.807) is 35.6 Å². The summed E-state index contributed by atoms with van der Waals surface area (Å²) in [5.41, 5.74) is 1.63. The quantitative estimate of drug-likeness (QED) is 0.650. The molecule has 0 radical (unpaired) electrons. The molecule has 1 heterocycles. The molecule has 2 aromatic carbocycles. The topological polar surface area (TPSA) is 61.4 Å². The van der Waals surface area contributed by atoms with Crippen molar-refractivity contribution >= 4 is 34.5 Å². The number of likely N-dealkylation sites (N-methyl/N-ethyl adjacent to an activating group) is 1. The summed E-state index contributed by atoms with van der Waals surface area (Å²) in [6.07, 6.45) is 0. The number of nitrogens with one attached hydrogen (secondary N) is 2. The first-order valence-corrected chi connectivity index (χ1v) is 9.46. The van der Waals surface area contributed by atoms with Crippen LogP contribution in [0.1, 0.15) is 15.2 Å². The standard InChI is InChI=1S/C21H21N3O2S/c1-24(14-17-10-7-13-27-17)15-20(25)23-19-12-6-5-11-18(19)21(26)22-16-8-3-2-4-9-16/h2-13H,14-15H2,1H3,(H,22,26)(H,23,25). The molecular formula is C21H21N3O2S. The van der Waals surface area contributed by atoms with Crippen LogP contribution in [-0.2, 0) is 11.3 Å². The Labute approximate surface area is 162 Å². The zero-order valence-corrected chi connectivity index (χ0v) is 15.8. The summed E-state index contributed by atoms with van der Waals surface area (Å²) < 4.78 is 0. The van der Waals surface area contributed by atoms with E-state index in [0.29, 0.717) is 23.5 Å². The lowest BCUT2D eigenvalue weighted by molar-refractivity contribution is -0.117. The van der Waals surface area contributed by atoms with E-state index in [1.807, 2.05) is 59.8 Å². The molecule has 3 rings (SSSR count). The summed E-state index contributed by atoms with van der Waals surface area (Å²) in [5.74, 6) is -0.418. The lowest BCUT2D eigenvalue weighted by Crippen LogP contribution is -2.30. The first-order chi connectivity index (χ1) is 13.1. The van der Waals surface area contributed by atoms with Crippen LogP contribution >= 0.6 is 11.3 Å². The zero-order valence-electron chi connectivity index (χ0n) is 15.0. The second-order valence-corrected chi connectivity index (χ2v) is 7.20. The smallest absolute Gasteiger partial charge is 0.257 e. The highest BCUT2D eigenvalue weighted by molar-refractivity contribution is 7.09. The third-order valence-corrected chi connectivity index (χ3v) is 4.76. The molecule has 0 saturated carbocycles. The highest BCUT2D eigenvalue weighted by Crippen LogP contribution is 2.18. The van der Waals surface area contributed by atoms with Crippen molar-refractivity contribution in [3.63, 3.8) is 0 Å². The monoisotopic (exact) mass is 379 g/mol. The Morgan fingerprint density at radius 1 is 0.926 bits per heavy atom. The minimum Gasteiger partial charge on any atom is -0.324 e. The van der Waals surface area contributed by atoms with Gasteiger partial charge in [0.15, 0.2) is 0 Å². The van der Waals surface area contributed by atoms with Crippen LogP contribution in [0.3, 0.4) is 0 Å². The largest absolute Gasteiger partial charge is 0.324 e. The lowest BCUT2D eigenvalue weighted by atomic mass is 10.1. The SMILES string of the molecule is CN(CC(=O)Nc1ccccc1C(=O)Nc1ccccc1)Cc1cccs1. The van der Waals surface area contributed by atoms with Gasteiger partial charge in [-0.1, -0.05) is 36.4 Å². The number of hydrogen-bond acceptors (Lipinski definition) is 4. The predicted octanol–water partition coefficient (Wildman–Crippen LogP) is 4.07. The Hall–Kier alpha value is -2.96. The number of hydrogen-bond donors (Lipinski definition) is 2. The summed E-state index contributed by atoms with van der Waals surface area (Å²) in [5, 5.41) is 7.71. The molecule has 0 atom stereocenters. The Bertz CT molecular complexity index is 895. The van der Waals surface area contributed by atoms with Gasteiger partial charge in [-0.2, -0.15) is 0 Å². The molecule has 2 N–H and O–H groups in total. The second-order valence-electron chi connectivity index (χ2n) is 6.17. The molecule has 3 aromatic rings. The highest BCUT2D eigenvalue weighted by Gasteiger charge is 2.14. The number of rotatable bonds is 7. The number of anilines is 2. The van der Waals surface area contributed by atoms with E-state index >= 15 is 0 Å². The van der Waals surface area contributed by atoms with Gasteiger partial charge in [0.1, 0.15) is 0 Å². The van der Waals surface area contributed by atoms with E-state index in [-0.39, 0.29) is 18.4 Å². The van der Waals surface area contributed by atoms with Gasteiger partial charge < -0.3 is 10.6 Å². The fourth-order valence-electron chi connectivity index (χ4n) is 2.67. The van der Waals surface area contributed by atoms with Gasteiger partial charge in [-0.15, -0.1) is 11.3 Å². The lowest BCUT2D eigenvalue weighted by Gasteiger charge is -2.16. The second kappa shape index (κ2) is 9.12. The molecule has 5 nitrogen and oxygen atoms in total. The van der Waals surface area contributed by atoms with Crippen LogP contribution in [0.25, 0.3) is 0 Å². The number of carbonyl (C=O) groups is 2. The Morgan fingerprint density at radius 2 is 1.67 bits per heavy atom. The van der Waals surface area contributed by atoms with E-state index < -0.39 is 0 Å². The molecule has 0 fully saturated rings. The van der Waals surface area contributed by atoms with E-state index in [4.69, 9.17) is 0 Å². The molecule has 0 aliphatic carbocycles. The summed E-state index contributed by atoms with van der Waals surface area (Å²) in [6, 6.07) is 20.3.